The molecule has 0 heterocycles. The zero-order valence-electron chi connectivity index (χ0n) is 13.7. The summed E-state index contributed by atoms with van der Waals surface area (Å²) in [4.78, 5) is 21.3. The third-order valence-electron chi connectivity index (χ3n) is 3.96. The summed E-state index contributed by atoms with van der Waals surface area (Å²) in [6.45, 7) is 2.25. The molecular formula is C17H34N2O2. The van der Waals surface area contributed by atoms with Crippen LogP contribution in [0, 0.1) is 0 Å². The molecule has 0 saturated carbocycles. The molecule has 21 heavy (non-hydrogen) atoms. The van der Waals surface area contributed by atoms with E-state index >= 15 is 0 Å². The predicted molar refractivity (Wildman–Crippen MR) is 87.9 cm³/mol. The Bertz CT molecular complexity index is 257. The lowest BCUT2D eigenvalue weighted by Crippen LogP contribution is -2.40. The molecule has 124 valence electrons. The number of amides is 2. The van der Waals surface area contributed by atoms with Gasteiger partial charge in [-0.25, -0.2) is 0 Å². The van der Waals surface area contributed by atoms with Crippen molar-refractivity contribution in [3.8, 4) is 0 Å². The zero-order chi connectivity index (χ0) is 15.8. The van der Waals surface area contributed by atoms with Gasteiger partial charge in [-0.15, -0.1) is 0 Å². The van der Waals surface area contributed by atoms with Crippen molar-refractivity contribution in [2.45, 2.75) is 96.4 Å². The standard InChI is InChI=1S/C17H34N2O2/c1-2-3-4-5-6-7-8-9-10-11-12-13-14-16(17(18)21)19-15-20/h15-16H,2-14H2,1H3,(H2,18,21)(H,19,20). The molecule has 1 unspecified atom stereocenters. The van der Waals surface area contributed by atoms with Crippen LogP contribution in [0.15, 0.2) is 0 Å². The van der Waals surface area contributed by atoms with Gasteiger partial charge in [0.05, 0.1) is 0 Å². The van der Waals surface area contributed by atoms with Crippen LogP contribution in [-0.4, -0.2) is 18.4 Å². The maximum atomic E-state index is 11.0. The molecule has 3 N–H and O–H groups in total. The van der Waals surface area contributed by atoms with Gasteiger partial charge in [-0.05, 0) is 6.42 Å². The number of primary amides is 1. The summed E-state index contributed by atoms with van der Waals surface area (Å²) in [5, 5.41) is 2.47. The van der Waals surface area contributed by atoms with Crippen LogP contribution >= 0.6 is 0 Å². The lowest BCUT2D eigenvalue weighted by atomic mass is 10.0. The predicted octanol–water partition coefficient (Wildman–Crippen LogP) is 3.68. The molecule has 0 bridgehead atoms. The molecule has 0 aromatic heterocycles. The second-order valence-corrected chi connectivity index (χ2v) is 5.92. The Morgan fingerprint density at radius 2 is 1.33 bits per heavy atom. The third kappa shape index (κ3) is 13.7. The first-order chi connectivity index (χ1) is 10.2. The van der Waals surface area contributed by atoms with Crippen LogP contribution in [0.2, 0.25) is 0 Å². The highest BCUT2D eigenvalue weighted by molar-refractivity contribution is 5.81. The average Bonchev–Trinajstić information content (AvgIpc) is 2.47. The summed E-state index contributed by atoms with van der Waals surface area (Å²) in [6, 6.07) is -0.495. The Morgan fingerprint density at radius 1 is 0.905 bits per heavy atom. The van der Waals surface area contributed by atoms with Gasteiger partial charge in [0.25, 0.3) is 0 Å². The number of nitrogens with two attached hydrogens (primary N) is 1. The van der Waals surface area contributed by atoms with Crippen LogP contribution in [0.1, 0.15) is 90.4 Å². The number of rotatable bonds is 16. The minimum absolute atomic E-state index is 0.440. The first-order valence-corrected chi connectivity index (χ1v) is 8.71. The molecule has 0 spiro atoms. The molecule has 0 aliphatic heterocycles. The number of nitrogens with one attached hydrogen (secondary N) is 1. The van der Waals surface area contributed by atoms with E-state index in [0.29, 0.717) is 12.8 Å². The number of unbranched alkanes of at least 4 members (excludes halogenated alkanes) is 11. The Morgan fingerprint density at radius 3 is 1.71 bits per heavy atom. The van der Waals surface area contributed by atoms with E-state index in [1.165, 1.54) is 64.2 Å². The second kappa shape index (κ2) is 15.3. The van der Waals surface area contributed by atoms with Crippen molar-refractivity contribution in [1.82, 2.24) is 5.32 Å². The van der Waals surface area contributed by atoms with E-state index in [4.69, 9.17) is 5.73 Å². The number of hydrogen-bond acceptors (Lipinski definition) is 2. The van der Waals surface area contributed by atoms with E-state index in [1.807, 2.05) is 0 Å². The molecule has 4 heteroatoms. The first kappa shape index (κ1) is 19.9. The minimum atomic E-state index is -0.495. The highest BCUT2D eigenvalue weighted by atomic mass is 16.2. The number of carbonyl (C=O) groups excluding carboxylic acids is 2. The lowest BCUT2D eigenvalue weighted by molar-refractivity contribution is -0.122. The molecule has 0 aromatic rings. The molecule has 0 aromatic carbocycles. The van der Waals surface area contributed by atoms with E-state index < -0.39 is 11.9 Å². The summed E-state index contributed by atoms with van der Waals surface area (Å²) < 4.78 is 0. The molecular weight excluding hydrogens is 264 g/mol. The SMILES string of the molecule is CCCCCCCCCCCCCCC(NC=O)C(N)=O. The van der Waals surface area contributed by atoms with Crippen molar-refractivity contribution in [2.75, 3.05) is 0 Å². The van der Waals surface area contributed by atoms with Crippen LogP contribution in [0.25, 0.3) is 0 Å². The number of carbonyl (C=O) groups is 2. The summed E-state index contributed by atoms with van der Waals surface area (Å²) in [5.41, 5.74) is 5.20. The average molecular weight is 298 g/mol. The molecule has 4 nitrogen and oxygen atoms in total. The highest BCUT2D eigenvalue weighted by Crippen LogP contribution is 2.12. The van der Waals surface area contributed by atoms with Crippen molar-refractivity contribution < 1.29 is 9.59 Å². The molecule has 0 saturated heterocycles. The molecule has 0 rings (SSSR count). The van der Waals surface area contributed by atoms with Gasteiger partial charge in [-0.2, -0.15) is 0 Å². The minimum Gasteiger partial charge on any atom is -0.368 e. The second-order valence-electron chi connectivity index (χ2n) is 5.92. The summed E-state index contributed by atoms with van der Waals surface area (Å²) in [6.07, 6.45) is 16.7. The lowest BCUT2D eigenvalue weighted by Gasteiger charge is -2.11. The van der Waals surface area contributed by atoms with Gasteiger partial charge < -0.3 is 11.1 Å². The van der Waals surface area contributed by atoms with Gasteiger partial charge in [0.2, 0.25) is 12.3 Å². The monoisotopic (exact) mass is 298 g/mol. The van der Waals surface area contributed by atoms with E-state index in [1.54, 1.807) is 0 Å². The van der Waals surface area contributed by atoms with Crippen molar-refractivity contribution >= 4 is 12.3 Å². The fourth-order valence-corrected chi connectivity index (χ4v) is 2.58. The number of hydrogen-bond donors (Lipinski definition) is 2. The van der Waals surface area contributed by atoms with E-state index in [9.17, 15) is 9.59 Å². The maximum absolute atomic E-state index is 11.0. The van der Waals surface area contributed by atoms with Crippen molar-refractivity contribution in [3.05, 3.63) is 0 Å². The van der Waals surface area contributed by atoms with E-state index in [2.05, 4.69) is 12.2 Å². The highest BCUT2D eigenvalue weighted by Gasteiger charge is 2.12. The molecule has 0 fully saturated rings. The molecule has 1 atom stereocenters. The van der Waals surface area contributed by atoms with Crippen LogP contribution < -0.4 is 11.1 Å². The molecule has 0 aliphatic carbocycles. The quantitative estimate of drug-likeness (QED) is 0.337. The van der Waals surface area contributed by atoms with Crippen LogP contribution in [0.3, 0.4) is 0 Å². The van der Waals surface area contributed by atoms with Gasteiger partial charge >= 0.3 is 0 Å². The van der Waals surface area contributed by atoms with Gasteiger partial charge in [-0.3, -0.25) is 9.59 Å². The largest absolute Gasteiger partial charge is 0.368 e. The van der Waals surface area contributed by atoms with Crippen molar-refractivity contribution in [1.29, 1.82) is 0 Å². The summed E-state index contributed by atoms with van der Waals surface area (Å²) >= 11 is 0. The van der Waals surface area contributed by atoms with E-state index in [-0.39, 0.29) is 0 Å². The van der Waals surface area contributed by atoms with Gasteiger partial charge in [-0.1, -0.05) is 84.0 Å². The van der Waals surface area contributed by atoms with Crippen LogP contribution in [-0.2, 0) is 9.59 Å². The Labute approximate surface area is 130 Å². The maximum Gasteiger partial charge on any atom is 0.239 e. The topological polar surface area (TPSA) is 72.2 Å². The summed E-state index contributed by atoms with van der Waals surface area (Å²) in [7, 11) is 0. The Balaban J connectivity index is 3.24. The van der Waals surface area contributed by atoms with Crippen LogP contribution in [0.4, 0.5) is 0 Å². The Hall–Kier alpha value is -1.06. The fourth-order valence-electron chi connectivity index (χ4n) is 2.58. The summed E-state index contributed by atoms with van der Waals surface area (Å²) in [5.74, 6) is -0.440. The van der Waals surface area contributed by atoms with Gasteiger partial charge in [0.15, 0.2) is 0 Å². The van der Waals surface area contributed by atoms with E-state index in [0.717, 1.165) is 12.8 Å². The zero-order valence-corrected chi connectivity index (χ0v) is 13.7. The molecule has 0 aliphatic rings. The van der Waals surface area contributed by atoms with Gasteiger partial charge in [0.1, 0.15) is 6.04 Å². The first-order valence-electron chi connectivity index (χ1n) is 8.71. The normalized spacial score (nSPS) is 12.0. The third-order valence-corrected chi connectivity index (χ3v) is 3.96. The smallest absolute Gasteiger partial charge is 0.239 e. The Kier molecular flexibility index (Phi) is 14.6. The van der Waals surface area contributed by atoms with Gasteiger partial charge in [0, 0.05) is 0 Å². The van der Waals surface area contributed by atoms with Crippen LogP contribution in [0.5, 0.6) is 0 Å². The molecule has 2 amide bonds. The molecule has 0 radical (unpaired) electrons. The van der Waals surface area contributed by atoms with Crippen molar-refractivity contribution in [2.24, 2.45) is 5.73 Å². The fraction of sp³-hybridized carbons (Fsp3) is 0.882. The van der Waals surface area contributed by atoms with Crippen molar-refractivity contribution in [3.63, 3.8) is 0 Å².